The minimum atomic E-state index is -1.20. The first-order valence-corrected chi connectivity index (χ1v) is 8.79. The number of phenols is 1. The Morgan fingerprint density at radius 3 is 2.11 bits per heavy atom. The normalized spacial score (nSPS) is 11.3. The van der Waals surface area contributed by atoms with Gasteiger partial charge in [0.15, 0.2) is 18.2 Å². The van der Waals surface area contributed by atoms with E-state index in [0.717, 1.165) is 0 Å². The second-order valence-corrected chi connectivity index (χ2v) is 7.09. The SMILES string of the molecule is CC(C)c1c(O)ccc(Cc2ccc(OCC(=O)O)c(F)c2C(C)C)c1F. The summed E-state index contributed by atoms with van der Waals surface area (Å²) in [6.07, 6.45) is 0.148. The maximum atomic E-state index is 14.9. The molecule has 4 nitrogen and oxygen atoms in total. The lowest BCUT2D eigenvalue weighted by Gasteiger charge is -2.18. The fourth-order valence-electron chi connectivity index (χ4n) is 3.16. The standard InChI is InChI=1S/C21H24F2O4/c1-11(2)18-13(6-8-16(21(18)23)27-10-17(25)26)9-14-5-7-15(24)19(12(3)4)20(14)22/h5-8,11-12,24H,9-10H2,1-4H3,(H,25,26). The van der Waals surface area contributed by atoms with Gasteiger partial charge in [-0.25, -0.2) is 13.6 Å². The lowest BCUT2D eigenvalue weighted by Crippen LogP contribution is -2.12. The second-order valence-electron chi connectivity index (χ2n) is 7.09. The number of halogens is 2. The van der Waals surface area contributed by atoms with Gasteiger partial charge < -0.3 is 14.9 Å². The number of carbonyl (C=O) groups is 1. The monoisotopic (exact) mass is 378 g/mol. The van der Waals surface area contributed by atoms with Gasteiger partial charge in [0.05, 0.1) is 0 Å². The van der Waals surface area contributed by atoms with Crippen LogP contribution in [-0.4, -0.2) is 22.8 Å². The van der Waals surface area contributed by atoms with E-state index in [-0.39, 0.29) is 35.3 Å². The maximum Gasteiger partial charge on any atom is 0.341 e. The van der Waals surface area contributed by atoms with E-state index in [1.54, 1.807) is 33.8 Å². The molecule has 0 aliphatic carbocycles. The summed E-state index contributed by atoms with van der Waals surface area (Å²) in [6, 6.07) is 5.93. The third-order valence-corrected chi connectivity index (χ3v) is 4.36. The summed E-state index contributed by atoms with van der Waals surface area (Å²) >= 11 is 0. The predicted molar refractivity (Wildman–Crippen MR) is 98.6 cm³/mol. The van der Waals surface area contributed by atoms with Crippen molar-refractivity contribution in [3.8, 4) is 11.5 Å². The Bertz CT molecular complexity index is 845. The van der Waals surface area contributed by atoms with Gasteiger partial charge in [0.25, 0.3) is 0 Å². The Balaban J connectivity index is 2.46. The molecule has 0 saturated carbocycles. The van der Waals surface area contributed by atoms with E-state index in [2.05, 4.69) is 0 Å². The summed E-state index contributed by atoms with van der Waals surface area (Å²) in [7, 11) is 0. The van der Waals surface area contributed by atoms with Crippen LogP contribution in [0.3, 0.4) is 0 Å². The summed E-state index contributed by atoms with van der Waals surface area (Å²) in [5.41, 5.74) is 1.54. The smallest absolute Gasteiger partial charge is 0.341 e. The molecular formula is C21H24F2O4. The van der Waals surface area contributed by atoms with E-state index < -0.39 is 24.2 Å². The van der Waals surface area contributed by atoms with Gasteiger partial charge in [0.1, 0.15) is 11.6 Å². The molecule has 146 valence electrons. The zero-order valence-electron chi connectivity index (χ0n) is 15.8. The van der Waals surface area contributed by atoms with Crippen molar-refractivity contribution in [3.05, 3.63) is 58.2 Å². The third kappa shape index (κ3) is 4.56. The summed E-state index contributed by atoms with van der Waals surface area (Å²) in [5, 5.41) is 18.6. The average molecular weight is 378 g/mol. The Morgan fingerprint density at radius 1 is 0.963 bits per heavy atom. The molecule has 2 rings (SSSR count). The molecule has 0 unspecified atom stereocenters. The van der Waals surface area contributed by atoms with Crippen LogP contribution in [0.25, 0.3) is 0 Å². The van der Waals surface area contributed by atoms with E-state index in [1.807, 2.05) is 0 Å². The largest absolute Gasteiger partial charge is 0.508 e. The molecule has 2 aromatic rings. The minimum absolute atomic E-state index is 0.0982. The Hall–Kier alpha value is -2.63. The molecule has 2 N–H and O–H groups in total. The predicted octanol–water partition coefficient (Wildman–Crippen LogP) is 4.97. The first-order valence-electron chi connectivity index (χ1n) is 8.79. The molecule has 0 bridgehead atoms. The van der Waals surface area contributed by atoms with Crippen LogP contribution >= 0.6 is 0 Å². The van der Waals surface area contributed by atoms with Crippen LogP contribution in [0.5, 0.6) is 11.5 Å². The molecule has 0 amide bonds. The van der Waals surface area contributed by atoms with Gasteiger partial charge in [-0.1, -0.05) is 39.8 Å². The van der Waals surface area contributed by atoms with E-state index in [9.17, 15) is 18.7 Å². The molecule has 0 aliphatic rings. The average Bonchev–Trinajstić information content (AvgIpc) is 2.56. The Labute approximate surface area is 157 Å². The van der Waals surface area contributed by atoms with Crippen molar-refractivity contribution < 1.29 is 28.5 Å². The second kappa shape index (κ2) is 8.37. The highest BCUT2D eigenvalue weighted by molar-refractivity contribution is 5.68. The molecule has 0 atom stereocenters. The van der Waals surface area contributed by atoms with E-state index in [1.165, 1.54) is 18.2 Å². The van der Waals surface area contributed by atoms with E-state index in [0.29, 0.717) is 16.7 Å². The molecule has 0 radical (unpaired) electrons. The topological polar surface area (TPSA) is 66.8 Å². The molecular weight excluding hydrogens is 354 g/mol. The molecule has 0 saturated heterocycles. The van der Waals surface area contributed by atoms with Crippen LogP contribution in [0.15, 0.2) is 24.3 Å². The zero-order valence-corrected chi connectivity index (χ0v) is 15.8. The number of aromatic hydroxyl groups is 1. The van der Waals surface area contributed by atoms with E-state index in [4.69, 9.17) is 9.84 Å². The first kappa shape index (κ1) is 20.7. The maximum absolute atomic E-state index is 14.9. The van der Waals surface area contributed by atoms with Crippen molar-refractivity contribution in [1.29, 1.82) is 0 Å². The fraction of sp³-hybridized carbons (Fsp3) is 0.381. The van der Waals surface area contributed by atoms with Crippen LogP contribution in [0.2, 0.25) is 0 Å². The molecule has 0 fully saturated rings. The number of rotatable bonds is 7. The van der Waals surface area contributed by atoms with Crippen LogP contribution in [0.1, 0.15) is 61.8 Å². The summed E-state index contributed by atoms with van der Waals surface area (Å²) in [5.74, 6) is -2.97. The van der Waals surface area contributed by atoms with Crippen LogP contribution in [0, 0.1) is 11.6 Å². The molecule has 0 aliphatic heterocycles. The quantitative estimate of drug-likeness (QED) is 0.714. The molecule has 0 aromatic heterocycles. The van der Waals surface area contributed by atoms with Gasteiger partial charge in [-0.05, 0) is 40.7 Å². The fourth-order valence-corrected chi connectivity index (χ4v) is 3.16. The van der Waals surface area contributed by atoms with Crippen molar-refractivity contribution in [1.82, 2.24) is 0 Å². The van der Waals surface area contributed by atoms with E-state index >= 15 is 0 Å². The highest BCUT2D eigenvalue weighted by Gasteiger charge is 2.21. The van der Waals surface area contributed by atoms with Crippen LogP contribution in [-0.2, 0) is 11.2 Å². The van der Waals surface area contributed by atoms with Crippen molar-refractivity contribution in [3.63, 3.8) is 0 Å². The van der Waals surface area contributed by atoms with Gasteiger partial charge >= 0.3 is 5.97 Å². The number of hydrogen-bond acceptors (Lipinski definition) is 3. The number of phenolic OH excluding ortho intramolecular Hbond substituents is 1. The number of ether oxygens (including phenoxy) is 1. The molecule has 0 heterocycles. The lowest BCUT2D eigenvalue weighted by molar-refractivity contribution is -0.139. The van der Waals surface area contributed by atoms with Gasteiger partial charge in [0, 0.05) is 12.0 Å². The van der Waals surface area contributed by atoms with Gasteiger partial charge in [-0.2, -0.15) is 0 Å². The number of carboxylic acids is 1. The molecule has 6 heteroatoms. The highest BCUT2D eigenvalue weighted by atomic mass is 19.1. The summed E-state index contributed by atoms with van der Waals surface area (Å²) in [4.78, 5) is 10.7. The number of carboxylic acid groups (broad SMARTS) is 1. The molecule has 27 heavy (non-hydrogen) atoms. The third-order valence-electron chi connectivity index (χ3n) is 4.36. The van der Waals surface area contributed by atoms with Crippen molar-refractivity contribution in [2.75, 3.05) is 6.61 Å². The lowest BCUT2D eigenvalue weighted by atomic mass is 9.90. The first-order chi connectivity index (χ1) is 12.6. The van der Waals surface area contributed by atoms with Gasteiger partial charge in [-0.3, -0.25) is 0 Å². The van der Waals surface area contributed by atoms with Gasteiger partial charge in [0.2, 0.25) is 0 Å². The van der Waals surface area contributed by atoms with Crippen molar-refractivity contribution >= 4 is 5.97 Å². The number of benzene rings is 2. The Kier molecular flexibility index (Phi) is 6.41. The van der Waals surface area contributed by atoms with Crippen molar-refractivity contribution in [2.24, 2.45) is 0 Å². The number of aliphatic carboxylic acids is 1. The van der Waals surface area contributed by atoms with Crippen LogP contribution < -0.4 is 4.74 Å². The molecule has 0 spiro atoms. The summed E-state index contributed by atoms with van der Waals surface area (Å²) in [6.45, 7) is 6.54. The van der Waals surface area contributed by atoms with Crippen molar-refractivity contribution in [2.45, 2.75) is 46.0 Å². The number of hydrogen-bond donors (Lipinski definition) is 2. The highest BCUT2D eigenvalue weighted by Crippen LogP contribution is 2.34. The van der Waals surface area contributed by atoms with Crippen LogP contribution in [0.4, 0.5) is 8.78 Å². The molecule has 2 aromatic carbocycles. The summed E-state index contributed by atoms with van der Waals surface area (Å²) < 4.78 is 34.7. The zero-order chi connectivity index (χ0) is 20.3. The minimum Gasteiger partial charge on any atom is -0.508 e. The van der Waals surface area contributed by atoms with Gasteiger partial charge in [-0.15, -0.1) is 0 Å². The Morgan fingerprint density at radius 2 is 1.56 bits per heavy atom.